The minimum absolute atomic E-state index is 0.0499. The Hall–Kier alpha value is -4.19. The molecule has 1 aliphatic heterocycles. The van der Waals surface area contributed by atoms with Gasteiger partial charge in [0.15, 0.2) is 11.4 Å². The van der Waals surface area contributed by atoms with Crippen LogP contribution in [0, 0.1) is 11.8 Å². The summed E-state index contributed by atoms with van der Waals surface area (Å²) in [6, 6.07) is 9.04. The van der Waals surface area contributed by atoms with E-state index in [2.05, 4.69) is 17.0 Å². The van der Waals surface area contributed by atoms with Gasteiger partial charge < -0.3 is 31.1 Å². The number of rotatable bonds is 5. The summed E-state index contributed by atoms with van der Waals surface area (Å²) < 4.78 is 0. The van der Waals surface area contributed by atoms with Crippen LogP contribution in [0.4, 0.5) is 5.69 Å². The molecule has 2 aromatic carbocycles. The summed E-state index contributed by atoms with van der Waals surface area (Å²) in [5, 5.41) is 46.4. The van der Waals surface area contributed by atoms with Crippen molar-refractivity contribution in [1.82, 2.24) is 9.80 Å². The molecule has 0 radical (unpaired) electrons. The maximum Gasteiger partial charge on any atom is 0.255 e. The number of phenolic OH excluding ortho intramolecular Hbond substituents is 1. The minimum Gasteiger partial charge on any atom is -0.508 e. The van der Waals surface area contributed by atoms with E-state index in [-0.39, 0.29) is 29.7 Å². The zero-order chi connectivity index (χ0) is 31.8. The monoisotopic (exact) mass is 602 g/mol. The number of hydrogen-bond acceptors (Lipinski definition) is 10. The molecule has 2 aromatic rings. The second-order valence-corrected chi connectivity index (χ2v) is 12.8. The van der Waals surface area contributed by atoms with E-state index in [0.29, 0.717) is 24.2 Å². The Kier molecular flexibility index (Phi) is 7.10. The van der Waals surface area contributed by atoms with Gasteiger partial charge in [0.25, 0.3) is 5.91 Å². The molecule has 11 nitrogen and oxygen atoms in total. The predicted molar refractivity (Wildman–Crippen MR) is 163 cm³/mol. The van der Waals surface area contributed by atoms with Gasteiger partial charge in [0, 0.05) is 56.5 Å². The third-order valence-electron chi connectivity index (χ3n) is 9.86. The van der Waals surface area contributed by atoms with E-state index >= 15 is 0 Å². The fraction of sp³-hybridized carbons (Fsp3) is 0.424. The van der Waals surface area contributed by atoms with E-state index < -0.39 is 58.0 Å². The van der Waals surface area contributed by atoms with Crippen LogP contribution in [-0.2, 0) is 40.3 Å². The second kappa shape index (κ2) is 10.5. The smallest absolute Gasteiger partial charge is 0.255 e. The lowest BCUT2D eigenvalue weighted by Crippen LogP contribution is -2.65. The number of amides is 1. The minimum atomic E-state index is -2.66. The van der Waals surface area contributed by atoms with Crippen LogP contribution in [0.5, 0.6) is 5.75 Å². The first-order valence-corrected chi connectivity index (χ1v) is 14.8. The van der Waals surface area contributed by atoms with Gasteiger partial charge >= 0.3 is 0 Å². The van der Waals surface area contributed by atoms with E-state index in [1.54, 1.807) is 14.1 Å². The fourth-order valence-corrected chi connectivity index (χ4v) is 7.80. The van der Waals surface area contributed by atoms with E-state index in [0.717, 1.165) is 18.7 Å². The molecule has 44 heavy (non-hydrogen) atoms. The second-order valence-electron chi connectivity index (χ2n) is 12.8. The molecule has 1 amide bonds. The van der Waals surface area contributed by atoms with Crippen molar-refractivity contribution in [3.05, 3.63) is 75.1 Å². The van der Waals surface area contributed by atoms with Gasteiger partial charge in [-0.1, -0.05) is 24.3 Å². The quantitative estimate of drug-likeness (QED) is 0.317. The van der Waals surface area contributed by atoms with E-state index in [4.69, 9.17) is 5.73 Å². The number of aliphatic hydroxyl groups excluding tert-OH is 2. The van der Waals surface area contributed by atoms with Gasteiger partial charge in [-0.05, 0) is 62.0 Å². The molecule has 4 atom stereocenters. The molecule has 0 bridgehead atoms. The number of benzene rings is 2. The highest BCUT2D eigenvalue weighted by Crippen LogP contribution is 2.54. The van der Waals surface area contributed by atoms with Crippen molar-refractivity contribution >= 4 is 28.9 Å². The third-order valence-corrected chi connectivity index (χ3v) is 9.86. The molecule has 11 heteroatoms. The number of carbonyl (C=O) groups is 3. The highest BCUT2D eigenvalue weighted by atomic mass is 16.3. The first-order chi connectivity index (χ1) is 20.8. The molecule has 1 heterocycles. The van der Waals surface area contributed by atoms with Crippen LogP contribution in [0.1, 0.15) is 34.2 Å². The zero-order valence-electron chi connectivity index (χ0n) is 25.3. The summed E-state index contributed by atoms with van der Waals surface area (Å²) in [4.78, 5) is 45.3. The zero-order valence-corrected chi connectivity index (χ0v) is 25.3. The molecule has 0 saturated heterocycles. The van der Waals surface area contributed by atoms with Crippen LogP contribution in [0.3, 0.4) is 0 Å². The SMILES string of the molecule is CN(C)c1cc(CN2CCc3ccccc3C2)c(O)c2c1C[C@H]1C[C@H]3[C@H](N(C)C)C(=O)C(C(N)=O)=C(O)[C@@]3(O)C(=O)C1=C2O. The van der Waals surface area contributed by atoms with E-state index in [9.17, 15) is 34.8 Å². The van der Waals surface area contributed by atoms with Crippen LogP contribution >= 0.6 is 0 Å². The number of nitrogens with two attached hydrogens (primary N) is 1. The average molecular weight is 603 g/mol. The lowest BCUT2D eigenvalue weighted by molar-refractivity contribution is -0.153. The molecule has 0 aromatic heterocycles. The normalized spacial score (nSPS) is 26.7. The van der Waals surface area contributed by atoms with Crippen molar-refractivity contribution in [2.75, 3.05) is 39.6 Å². The number of nitrogens with zero attached hydrogens (tertiary/aromatic N) is 3. The molecule has 6 N–H and O–H groups in total. The number of likely N-dealkylation sites (N-methyl/N-ethyl adjacent to an activating group) is 1. The maximum absolute atomic E-state index is 14.2. The Bertz CT molecular complexity index is 1680. The Balaban J connectivity index is 1.47. The van der Waals surface area contributed by atoms with Crippen LogP contribution in [0.2, 0.25) is 0 Å². The molecular formula is C33H38N4O7. The Morgan fingerprint density at radius 2 is 1.77 bits per heavy atom. The topological polar surface area (TPSA) is 168 Å². The number of ketones is 2. The first-order valence-electron chi connectivity index (χ1n) is 14.8. The molecule has 0 spiro atoms. The van der Waals surface area contributed by atoms with Crippen LogP contribution in [-0.4, -0.2) is 94.1 Å². The number of Topliss-reactive ketones (excluding diaryl/α,β-unsaturated/α-hetero) is 2. The standard InChI is InChI=1S/C33H38N4O7/c1-35(2)22-13-19(15-37-10-9-16-7-5-6-8-17(16)14-37)27(38)24-20(22)11-18-12-21-26(36(3)4)29(40)25(32(34)43)31(42)33(21,44)30(41)23(18)28(24)39/h5-8,13,18,21,26,38-39,42,44H,9-12,14-15H2,1-4H3,(H2,34,43)/t18-,21-,26-,33-/m0/s1. The molecule has 6 rings (SSSR count). The molecule has 1 fully saturated rings. The van der Waals surface area contributed by atoms with Crippen LogP contribution in [0.15, 0.2) is 47.2 Å². The molecule has 1 saturated carbocycles. The van der Waals surface area contributed by atoms with Crippen molar-refractivity contribution in [1.29, 1.82) is 0 Å². The van der Waals surface area contributed by atoms with E-state index in [1.807, 2.05) is 37.2 Å². The lowest BCUT2D eigenvalue weighted by Gasteiger charge is -2.50. The molecule has 232 valence electrons. The number of anilines is 1. The van der Waals surface area contributed by atoms with Gasteiger partial charge in [-0.15, -0.1) is 0 Å². The van der Waals surface area contributed by atoms with E-state index in [1.165, 1.54) is 16.0 Å². The van der Waals surface area contributed by atoms with Gasteiger partial charge in [0.05, 0.1) is 11.6 Å². The van der Waals surface area contributed by atoms with Crippen LogP contribution in [0.25, 0.3) is 5.76 Å². The van der Waals surface area contributed by atoms with Crippen LogP contribution < -0.4 is 10.6 Å². The molecular weight excluding hydrogens is 564 g/mol. The van der Waals surface area contributed by atoms with Gasteiger partial charge in [0.2, 0.25) is 5.78 Å². The Morgan fingerprint density at radius 1 is 1.09 bits per heavy atom. The number of aromatic hydroxyl groups is 1. The molecule has 0 unspecified atom stereocenters. The summed E-state index contributed by atoms with van der Waals surface area (Å²) in [6.45, 7) is 1.89. The predicted octanol–water partition coefficient (Wildman–Crippen LogP) is 1.59. The summed E-state index contributed by atoms with van der Waals surface area (Å²) in [7, 11) is 6.89. The van der Waals surface area contributed by atoms with Gasteiger partial charge in [-0.3, -0.25) is 24.2 Å². The maximum atomic E-state index is 14.2. The number of carbonyl (C=O) groups excluding carboxylic acids is 3. The van der Waals surface area contributed by atoms with Crippen molar-refractivity contribution < 1.29 is 34.8 Å². The largest absolute Gasteiger partial charge is 0.508 e. The number of hydrogen-bond donors (Lipinski definition) is 5. The lowest BCUT2D eigenvalue weighted by atomic mass is 9.57. The summed E-state index contributed by atoms with van der Waals surface area (Å²) >= 11 is 0. The fourth-order valence-electron chi connectivity index (χ4n) is 7.80. The van der Waals surface area contributed by atoms with Gasteiger partial charge in [-0.25, -0.2) is 0 Å². The number of phenols is 1. The highest BCUT2D eigenvalue weighted by Gasteiger charge is 2.64. The van der Waals surface area contributed by atoms with Gasteiger partial charge in [0.1, 0.15) is 22.8 Å². The summed E-state index contributed by atoms with van der Waals surface area (Å²) in [5.41, 5.74) is 6.40. The number of primary amides is 1. The third kappa shape index (κ3) is 4.25. The number of fused-ring (bicyclic) bond motifs is 4. The molecule has 3 aliphatic carbocycles. The van der Waals surface area contributed by atoms with Gasteiger partial charge in [-0.2, -0.15) is 0 Å². The van der Waals surface area contributed by atoms with Crippen molar-refractivity contribution in [2.45, 2.75) is 44.0 Å². The van der Waals surface area contributed by atoms with Crippen molar-refractivity contribution in [3.63, 3.8) is 0 Å². The Labute approximate surface area is 255 Å². The summed E-state index contributed by atoms with van der Waals surface area (Å²) in [6.07, 6.45) is 1.16. The molecule has 4 aliphatic rings. The van der Waals surface area contributed by atoms with Crippen molar-refractivity contribution in [2.24, 2.45) is 17.6 Å². The average Bonchev–Trinajstić information content (AvgIpc) is 2.95. The number of aliphatic hydroxyl groups is 3. The Morgan fingerprint density at radius 3 is 2.41 bits per heavy atom. The first kappa shape index (κ1) is 29.9. The van der Waals surface area contributed by atoms with Crippen molar-refractivity contribution in [3.8, 4) is 5.75 Å². The highest BCUT2D eigenvalue weighted by molar-refractivity contribution is 6.24. The summed E-state index contributed by atoms with van der Waals surface area (Å²) in [5.74, 6) is -6.50.